The number of fused-ring (bicyclic) bond motifs is 1. The van der Waals surface area contributed by atoms with Crippen LogP contribution in [0.25, 0.3) is 0 Å². The summed E-state index contributed by atoms with van der Waals surface area (Å²) in [6, 6.07) is 17.0. The molecular formula is C25H35ClN2O3. The highest BCUT2D eigenvalue weighted by atomic mass is 35.5. The number of amides is 1. The van der Waals surface area contributed by atoms with Crippen LogP contribution in [0, 0.1) is 0 Å². The molecule has 3 rings (SSSR count). The highest BCUT2D eigenvalue weighted by Crippen LogP contribution is 2.29. The molecule has 1 aliphatic carbocycles. The Balaban J connectivity index is 0.00000341. The largest absolute Gasteiger partial charge is 0.496 e. The summed E-state index contributed by atoms with van der Waals surface area (Å²) in [5, 5.41) is 6.69. The molecule has 0 aliphatic heterocycles. The van der Waals surface area contributed by atoms with E-state index in [1.807, 2.05) is 30.3 Å². The number of aryl methyl sites for hydroxylation is 1. The van der Waals surface area contributed by atoms with Crippen molar-refractivity contribution in [3.63, 3.8) is 0 Å². The van der Waals surface area contributed by atoms with Crippen LogP contribution in [0.15, 0.2) is 48.5 Å². The van der Waals surface area contributed by atoms with Gasteiger partial charge in [0.25, 0.3) is 0 Å². The van der Waals surface area contributed by atoms with Gasteiger partial charge in [-0.1, -0.05) is 49.4 Å². The lowest BCUT2D eigenvalue weighted by Crippen LogP contribution is -2.41. The molecule has 170 valence electrons. The zero-order valence-corrected chi connectivity index (χ0v) is 19.4. The molecule has 0 fully saturated rings. The molecule has 31 heavy (non-hydrogen) atoms. The van der Waals surface area contributed by atoms with Gasteiger partial charge in [0.1, 0.15) is 12.4 Å². The zero-order valence-electron chi connectivity index (χ0n) is 18.6. The van der Waals surface area contributed by atoms with Gasteiger partial charge in [0.2, 0.25) is 0 Å². The summed E-state index contributed by atoms with van der Waals surface area (Å²) in [6.45, 7) is 3.15. The van der Waals surface area contributed by atoms with Crippen molar-refractivity contribution in [2.45, 2.75) is 64.1 Å². The fourth-order valence-corrected chi connectivity index (χ4v) is 4.14. The van der Waals surface area contributed by atoms with Gasteiger partial charge < -0.3 is 20.1 Å². The topological polar surface area (TPSA) is 59.6 Å². The van der Waals surface area contributed by atoms with Gasteiger partial charge in [-0.3, -0.25) is 0 Å². The van der Waals surface area contributed by atoms with E-state index >= 15 is 0 Å². The third kappa shape index (κ3) is 7.75. The highest BCUT2D eigenvalue weighted by molar-refractivity contribution is 5.85. The Hall–Kier alpha value is -2.24. The van der Waals surface area contributed by atoms with Crippen LogP contribution >= 0.6 is 12.4 Å². The molecule has 2 unspecified atom stereocenters. The van der Waals surface area contributed by atoms with Crippen molar-refractivity contribution in [1.29, 1.82) is 0 Å². The van der Waals surface area contributed by atoms with E-state index in [1.54, 1.807) is 7.11 Å². The molecule has 2 atom stereocenters. The second kappa shape index (κ2) is 13.2. The molecule has 0 aromatic heterocycles. The van der Waals surface area contributed by atoms with E-state index in [-0.39, 0.29) is 18.5 Å². The molecule has 1 aliphatic rings. The van der Waals surface area contributed by atoms with Crippen molar-refractivity contribution in [1.82, 2.24) is 10.6 Å². The van der Waals surface area contributed by atoms with E-state index in [0.717, 1.165) is 49.8 Å². The van der Waals surface area contributed by atoms with E-state index in [1.165, 1.54) is 11.1 Å². The fourth-order valence-electron chi connectivity index (χ4n) is 4.14. The number of hydrogen-bond acceptors (Lipinski definition) is 4. The molecule has 0 radical (unpaired) electrons. The maximum atomic E-state index is 11.9. The van der Waals surface area contributed by atoms with E-state index in [9.17, 15) is 4.79 Å². The molecule has 1 amide bonds. The maximum absolute atomic E-state index is 11.9. The van der Waals surface area contributed by atoms with Crippen molar-refractivity contribution in [2.24, 2.45) is 0 Å². The number of rotatable bonds is 10. The summed E-state index contributed by atoms with van der Waals surface area (Å²) in [7, 11) is 1.75. The summed E-state index contributed by atoms with van der Waals surface area (Å²) < 4.78 is 10.8. The summed E-state index contributed by atoms with van der Waals surface area (Å²) in [6.07, 6.45) is 5.95. The second-order valence-electron chi connectivity index (χ2n) is 7.94. The predicted octanol–water partition coefficient (Wildman–Crippen LogP) is 5.05. The molecule has 2 N–H and O–H groups in total. The van der Waals surface area contributed by atoms with Crippen molar-refractivity contribution in [3.05, 3.63) is 65.2 Å². The van der Waals surface area contributed by atoms with Gasteiger partial charge in [-0.25, -0.2) is 4.79 Å². The van der Waals surface area contributed by atoms with Crippen LogP contribution in [0.1, 0.15) is 49.3 Å². The Kier molecular flexibility index (Phi) is 10.7. The third-order valence-corrected chi connectivity index (χ3v) is 5.84. The van der Waals surface area contributed by atoms with Crippen molar-refractivity contribution >= 4 is 18.5 Å². The van der Waals surface area contributed by atoms with Crippen LogP contribution in [0.2, 0.25) is 0 Å². The second-order valence-corrected chi connectivity index (χ2v) is 7.94. The van der Waals surface area contributed by atoms with Gasteiger partial charge in [0, 0.05) is 18.6 Å². The highest BCUT2D eigenvalue weighted by Gasteiger charge is 2.23. The van der Waals surface area contributed by atoms with E-state index in [0.29, 0.717) is 25.2 Å². The number of halogens is 1. The predicted molar refractivity (Wildman–Crippen MR) is 127 cm³/mol. The van der Waals surface area contributed by atoms with Crippen LogP contribution in [0.5, 0.6) is 5.75 Å². The number of nitrogens with one attached hydrogen (secondary N) is 2. The van der Waals surface area contributed by atoms with E-state index < -0.39 is 0 Å². The van der Waals surface area contributed by atoms with Gasteiger partial charge in [0.15, 0.2) is 0 Å². The lowest BCUT2D eigenvalue weighted by Gasteiger charge is -2.30. The Morgan fingerprint density at radius 3 is 2.71 bits per heavy atom. The first-order chi connectivity index (χ1) is 14.7. The summed E-state index contributed by atoms with van der Waals surface area (Å²) >= 11 is 0. The van der Waals surface area contributed by atoms with Crippen molar-refractivity contribution in [3.8, 4) is 5.75 Å². The fraction of sp³-hybridized carbons (Fsp3) is 0.480. The minimum absolute atomic E-state index is 0. The SMILES string of the molecule is CCC(CCCNC(=O)OCc1ccccc1)NC1CCc2cccc(OC)c2C1.Cl. The van der Waals surface area contributed by atoms with Crippen LogP contribution in [0.3, 0.4) is 0 Å². The number of methoxy groups -OCH3 is 1. The Labute approximate surface area is 192 Å². The first-order valence-corrected chi connectivity index (χ1v) is 11.0. The van der Waals surface area contributed by atoms with Gasteiger partial charge in [-0.15, -0.1) is 12.4 Å². The average molecular weight is 447 g/mol. The van der Waals surface area contributed by atoms with Gasteiger partial charge in [-0.05, 0) is 61.3 Å². The number of carbonyl (C=O) groups is 1. The van der Waals surface area contributed by atoms with Gasteiger partial charge in [0.05, 0.1) is 7.11 Å². The van der Waals surface area contributed by atoms with E-state index in [4.69, 9.17) is 9.47 Å². The average Bonchev–Trinajstić information content (AvgIpc) is 2.79. The first kappa shape index (κ1) is 25.0. The minimum atomic E-state index is -0.351. The monoisotopic (exact) mass is 446 g/mol. The Morgan fingerprint density at radius 2 is 1.97 bits per heavy atom. The van der Waals surface area contributed by atoms with Gasteiger partial charge >= 0.3 is 6.09 Å². The number of hydrogen-bond donors (Lipinski definition) is 2. The van der Waals surface area contributed by atoms with Crippen molar-refractivity contribution < 1.29 is 14.3 Å². The third-order valence-electron chi connectivity index (χ3n) is 5.84. The molecule has 0 spiro atoms. The standard InChI is InChI=1S/C25H34N2O3.ClH/c1-3-21(12-8-16-26-25(28)30-18-19-9-5-4-6-10-19)27-22-15-14-20-11-7-13-24(29-2)23(20)17-22;/h4-7,9-11,13,21-22,27H,3,8,12,14-18H2,1-2H3,(H,26,28);1H. The molecule has 5 nitrogen and oxygen atoms in total. The molecule has 0 bridgehead atoms. The quantitative estimate of drug-likeness (QED) is 0.501. The van der Waals surface area contributed by atoms with Crippen molar-refractivity contribution in [2.75, 3.05) is 13.7 Å². The molecular weight excluding hydrogens is 412 g/mol. The molecule has 0 heterocycles. The smallest absolute Gasteiger partial charge is 0.407 e. The number of alkyl carbamates (subject to hydrolysis) is 1. The first-order valence-electron chi connectivity index (χ1n) is 11.0. The summed E-state index contributed by atoms with van der Waals surface area (Å²) in [5.74, 6) is 1.00. The van der Waals surface area contributed by atoms with E-state index in [2.05, 4.69) is 35.8 Å². The number of carbonyl (C=O) groups excluding carboxylic acids is 1. The van der Waals surface area contributed by atoms with Crippen LogP contribution < -0.4 is 15.4 Å². The summed E-state index contributed by atoms with van der Waals surface area (Å²) in [5.41, 5.74) is 3.76. The van der Waals surface area contributed by atoms with Crippen LogP contribution in [-0.2, 0) is 24.2 Å². The molecule has 6 heteroatoms. The Morgan fingerprint density at radius 1 is 1.16 bits per heavy atom. The Bertz CT molecular complexity index is 786. The maximum Gasteiger partial charge on any atom is 0.407 e. The normalized spacial score (nSPS) is 15.9. The molecule has 0 saturated carbocycles. The zero-order chi connectivity index (χ0) is 21.2. The summed E-state index contributed by atoms with van der Waals surface area (Å²) in [4.78, 5) is 11.9. The molecule has 0 saturated heterocycles. The lowest BCUT2D eigenvalue weighted by molar-refractivity contribution is 0.139. The molecule has 2 aromatic rings. The molecule has 2 aromatic carbocycles. The van der Waals surface area contributed by atoms with Crippen LogP contribution in [0.4, 0.5) is 4.79 Å². The lowest BCUT2D eigenvalue weighted by atomic mass is 9.87. The van der Waals surface area contributed by atoms with Gasteiger partial charge in [-0.2, -0.15) is 0 Å². The number of ether oxygens (including phenoxy) is 2. The van der Waals surface area contributed by atoms with Crippen LogP contribution in [-0.4, -0.2) is 31.8 Å². The minimum Gasteiger partial charge on any atom is -0.496 e. The number of benzene rings is 2.